The number of hydrogen-bond donors (Lipinski definition) is 0. The standard InChI is InChI=1S/C20H21NOS/c1-21-18-11-17(12-19(21)20(13-18)22-8-9-23)16-7-6-14-4-2-3-5-15(14)10-16/h2-7,9-11,18-20H,8,12-13H2,1H3. The van der Waals surface area contributed by atoms with Gasteiger partial charge in [0.05, 0.1) is 12.7 Å². The molecule has 3 atom stereocenters. The van der Waals surface area contributed by atoms with Crippen molar-refractivity contribution in [3.63, 3.8) is 0 Å². The summed E-state index contributed by atoms with van der Waals surface area (Å²) >= 11 is 4.90. The summed E-state index contributed by atoms with van der Waals surface area (Å²) in [6.45, 7) is 0.572. The summed E-state index contributed by atoms with van der Waals surface area (Å²) in [4.78, 5) is 2.46. The monoisotopic (exact) mass is 323 g/mol. The van der Waals surface area contributed by atoms with E-state index < -0.39 is 0 Å². The molecule has 0 aliphatic carbocycles. The van der Waals surface area contributed by atoms with Gasteiger partial charge in [0.2, 0.25) is 0 Å². The lowest BCUT2D eigenvalue weighted by Gasteiger charge is -2.32. The molecule has 0 aromatic heterocycles. The molecule has 0 N–H and O–H groups in total. The molecule has 0 saturated carbocycles. The molecule has 0 radical (unpaired) electrons. The molecule has 118 valence electrons. The molecule has 4 rings (SSSR count). The second-order valence-electron chi connectivity index (χ2n) is 6.53. The van der Waals surface area contributed by atoms with Crippen LogP contribution < -0.4 is 0 Å². The van der Waals surface area contributed by atoms with Crippen molar-refractivity contribution in [3.05, 3.63) is 54.1 Å². The summed E-state index contributed by atoms with van der Waals surface area (Å²) in [5, 5.41) is 4.29. The fourth-order valence-electron chi connectivity index (χ4n) is 4.00. The zero-order chi connectivity index (χ0) is 15.8. The number of hydrogen-bond acceptors (Lipinski definition) is 3. The van der Waals surface area contributed by atoms with E-state index in [-0.39, 0.29) is 0 Å². The van der Waals surface area contributed by atoms with E-state index in [1.165, 1.54) is 21.9 Å². The van der Waals surface area contributed by atoms with Crippen LogP contribution >= 0.6 is 12.2 Å². The number of rotatable bonds is 4. The maximum Gasteiger partial charge on any atom is 0.0756 e. The van der Waals surface area contributed by atoms with Gasteiger partial charge in [-0.3, -0.25) is 4.90 Å². The maximum absolute atomic E-state index is 5.96. The number of ether oxygens (including phenoxy) is 1. The highest BCUT2D eigenvalue weighted by molar-refractivity contribution is 7.79. The van der Waals surface area contributed by atoms with E-state index in [4.69, 9.17) is 17.0 Å². The van der Waals surface area contributed by atoms with E-state index in [9.17, 15) is 0 Å². The zero-order valence-corrected chi connectivity index (χ0v) is 14.1. The molecular formula is C20H21NOS. The molecule has 2 aromatic rings. The Kier molecular flexibility index (Phi) is 4.02. The fourth-order valence-corrected chi connectivity index (χ4v) is 4.08. The molecule has 3 heteroatoms. The van der Waals surface area contributed by atoms with Gasteiger partial charge < -0.3 is 4.74 Å². The van der Waals surface area contributed by atoms with E-state index in [0.29, 0.717) is 24.8 Å². The summed E-state index contributed by atoms with van der Waals surface area (Å²) < 4.78 is 5.96. The van der Waals surface area contributed by atoms with Crippen LogP contribution in [0.3, 0.4) is 0 Å². The molecule has 0 amide bonds. The van der Waals surface area contributed by atoms with Gasteiger partial charge in [0, 0.05) is 17.5 Å². The number of likely N-dealkylation sites (N-methyl/N-ethyl adjacent to an activating group) is 1. The quantitative estimate of drug-likeness (QED) is 0.787. The Morgan fingerprint density at radius 3 is 2.87 bits per heavy atom. The van der Waals surface area contributed by atoms with Crippen molar-refractivity contribution in [2.45, 2.75) is 31.0 Å². The van der Waals surface area contributed by atoms with Crippen LogP contribution in [0.4, 0.5) is 0 Å². The first kappa shape index (κ1) is 15.0. The highest BCUT2D eigenvalue weighted by Crippen LogP contribution is 2.39. The van der Waals surface area contributed by atoms with Crippen LogP contribution in [0.2, 0.25) is 0 Å². The molecule has 3 unspecified atom stereocenters. The van der Waals surface area contributed by atoms with E-state index in [0.717, 1.165) is 12.8 Å². The Bertz CT molecular complexity index is 769. The van der Waals surface area contributed by atoms with Crippen molar-refractivity contribution in [2.24, 2.45) is 0 Å². The third kappa shape index (κ3) is 2.74. The lowest BCUT2D eigenvalue weighted by atomic mass is 9.93. The predicted octanol–water partition coefficient (Wildman–Crippen LogP) is 4.08. The third-order valence-electron chi connectivity index (χ3n) is 5.27. The predicted molar refractivity (Wildman–Crippen MR) is 99.9 cm³/mol. The average molecular weight is 323 g/mol. The summed E-state index contributed by atoms with van der Waals surface area (Å²) in [6, 6.07) is 16.3. The molecule has 2 heterocycles. The van der Waals surface area contributed by atoms with Crippen molar-refractivity contribution in [1.82, 2.24) is 4.90 Å². The smallest absolute Gasteiger partial charge is 0.0756 e. The first-order valence-corrected chi connectivity index (χ1v) is 8.70. The van der Waals surface area contributed by atoms with Gasteiger partial charge in [-0.05, 0) is 47.9 Å². The van der Waals surface area contributed by atoms with Gasteiger partial charge in [0.25, 0.3) is 0 Å². The lowest BCUT2D eigenvalue weighted by molar-refractivity contribution is 0.0576. The Morgan fingerprint density at radius 1 is 1.22 bits per heavy atom. The van der Waals surface area contributed by atoms with Crippen LogP contribution in [0.15, 0.2) is 48.5 Å². The molecule has 2 nitrogen and oxygen atoms in total. The highest BCUT2D eigenvalue weighted by Gasteiger charge is 2.42. The van der Waals surface area contributed by atoms with E-state index >= 15 is 0 Å². The van der Waals surface area contributed by atoms with Crippen molar-refractivity contribution < 1.29 is 4.74 Å². The summed E-state index contributed by atoms with van der Waals surface area (Å²) in [6.07, 6.45) is 4.84. The Morgan fingerprint density at radius 2 is 2.04 bits per heavy atom. The second-order valence-corrected chi connectivity index (χ2v) is 6.87. The Hall–Kier alpha value is -1.55. The minimum absolute atomic E-state index is 0.290. The highest BCUT2D eigenvalue weighted by atomic mass is 32.1. The molecule has 1 saturated heterocycles. The first-order chi connectivity index (χ1) is 11.3. The molecule has 2 bridgehead atoms. The van der Waals surface area contributed by atoms with Crippen molar-refractivity contribution in [2.75, 3.05) is 13.7 Å². The maximum atomic E-state index is 5.96. The van der Waals surface area contributed by atoms with E-state index in [2.05, 4.69) is 60.5 Å². The van der Waals surface area contributed by atoms with Crippen LogP contribution in [0.1, 0.15) is 18.4 Å². The van der Waals surface area contributed by atoms with Crippen LogP contribution in [-0.2, 0) is 4.74 Å². The van der Waals surface area contributed by atoms with E-state index in [1.807, 2.05) is 0 Å². The van der Waals surface area contributed by atoms with Gasteiger partial charge in [-0.2, -0.15) is 0 Å². The largest absolute Gasteiger partial charge is 0.372 e. The molecule has 2 aliphatic heterocycles. The van der Waals surface area contributed by atoms with Gasteiger partial charge in [-0.15, -0.1) is 0 Å². The van der Waals surface area contributed by atoms with Gasteiger partial charge in [-0.1, -0.05) is 54.7 Å². The minimum Gasteiger partial charge on any atom is -0.372 e. The lowest BCUT2D eigenvalue weighted by Crippen LogP contribution is -2.38. The van der Waals surface area contributed by atoms with Gasteiger partial charge in [0.15, 0.2) is 0 Å². The van der Waals surface area contributed by atoms with Crippen LogP contribution in [0.5, 0.6) is 0 Å². The van der Waals surface area contributed by atoms with Crippen molar-refractivity contribution in [3.8, 4) is 0 Å². The number of thiocarbonyl (C=S) groups is 1. The Labute approximate surface area is 142 Å². The van der Waals surface area contributed by atoms with Gasteiger partial charge in [-0.25, -0.2) is 0 Å². The van der Waals surface area contributed by atoms with Crippen molar-refractivity contribution in [1.29, 1.82) is 0 Å². The zero-order valence-electron chi connectivity index (χ0n) is 13.3. The van der Waals surface area contributed by atoms with Gasteiger partial charge >= 0.3 is 0 Å². The Balaban J connectivity index is 1.62. The van der Waals surface area contributed by atoms with E-state index in [1.54, 1.807) is 5.37 Å². The average Bonchev–Trinajstić information content (AvgIpc) is 2.77. The SMILES string of the molecule is CN1C2C=C(c3ccc4ccccc4c3)CC1C(OCC=S)C2. The number of benzene rings is 2. The summed E-state index contributed by atoms with van der Waals surface area (Å²) in [5.41, 5.74) is 2.81. The van der Waals surface area contributed by atoms with Gasteiger partial charge in [0.1, 0.15) is 0 Å². The second kappa shape index (κ2) is 6.16. The number of fused-ring (bicyclic) bond motifs is 3. The number of nitrogens with zero attached hydrogens (tertiary/aromatic N) is 1. The molecular weight excluding hydrogens is 302 g/mol. The topological polar surface area (TPSA) is 12.5 Å². The minimum atomic E-state index is 0.290. The van der Waals surface area contributed by atoms with Crippen molar-refractivity contribution >= 4 is 33.9 Å². The van der Waals surface area contributed by atoms with Crippen LogP contribution in [-0.4, -0.2) is 42.1 Å². The first-order valence-electron chi connectivity index (χ1n) is 8.23. The fraction of sp³-hybridized carbons (Fsp3) is 0.350. The summed E-state index contributed by atoms with van der Waals surface area (Å²) in [5.74, 6) is 0. The molecule has 2 aromatic carbocycles. The molecule has 23 heavy (non-hydrogen) atoms. The summed E-state index contributed by atoms with van der Waals surface area (Å²) in [7, 11) is 2.21. The molecule has 1 fully saturated rings. The normalized spacial score (nSPS) is 27.2. The molecule has 0 spiro atoms. The molecule has 2 aliphatic rings. The van der Waals surface area contributed by atoms with Crippen LogP contribution in [0.25, 0.3) is 16.3 Å². The van der Waals surface area contributed by atoms with Crippen LogP contribution in [0, 0.1) is 0 Å². The third-order valence-corrected chi connectivity index (χ3v) is 5.41.